The van der Waals surface area contributed by atoms with E-state index >= 15 is 0 Å². The molecule has 2 fully saturated rings. The summed E-state index contributed by atoms with van der Waals surface area (Å²) in [6.07, 6.45) is 5.19. The number of nitrogens with zero attached hydrogens (tertiary/aromatic N) is 2. The van der Waals surface area contributed by atoms with Gasteiger partial charge in [0.1, 0.15) is 0 Å². The van der Waals surface area contributed by atoms with E-state index < -0.39 is 0 Å². The largest absolute Gasteiger partial charge is 0.381 e. The molecule has 3 rings (SSSR count). The first-order valence-electron chi connectivity index (χ1n) is 9.96. The molecule has 2 aliphatic rings. The van der Waals surface area contributed by atoms with E-state index in [1.165, 1.54) is 6.92 Å². The Bertz CT molecular complexity index is 631. The third kappa shape index (κ3) is 5.53. The number of methoxy groups -OCH3 is 1. The van der Waals surface area contributed by atoms with Gasteiger partial charge in [-0.25, -0.2) is 0 Å². The van der Waals surface area contributed by atoms with Gasteiger partial charge in [0.25, 0.3) is 0 Å². The van der Waals surface area contributed by atoms with E-state index in [9.17, 15) is 9.59 Å². The highest BCUT2D eigenvalue weighted by molar-refractivity contribution is 5.88. The van der Waals surface area contributed by atoms with Crippen molar-refractivity contribution in [3.8, 4) is 0 Å². The minimum Gasteiger partial charge on any atom is -0.381 e. The predicted molar refractivity (Wildman–Crippen MR) is 106 cm³/mol. The smallest absolute Gasteiger partial charge is 0.226 e. The van der Waals surface area contributed by atoms with Gasteiger partial charge < -0.3 is 19.9 Å². The molecule has 6 nitrogen and oxygen atoms in total. The summed E-state index contributed by atoms with van der Waals surface area (Å²) >= 11 is 0. The number of piperidine rings is 2. The fraction of sp³-hybridized carbons (Fsp3) is 0.619. The Kier molecular flexibility index (Phi) is 6.85. The van der Waals surface area contributed by atoms with Crippen LogP contribution in [0.25, 0.3) is 0 Å². The maximum absolute atomic E-state index is 12.6. The van der Waals surface area contributed by atoms with Crippen molar-refractivity contribution in [1.82, 2.24) is 9.80 Å². The van der Waals surface area contributed by atoms with Crippen LogP contribution < -0.4 is 5.32 Å². The molecule has 1 aromatic rings. The van der Waals surface area contributed by atoms with Gasteiger partial charge in [-0.1, -0.05) is 12.1 Å². The summed E-state index contributed by atoms with van der Waals surface area (Å²) in [4.78, 5) is 28.3. The average molecular weight is 373 g/mol. The standard InChI is InChI=1S/C21H31N3O3/c1-16(25)22-18-5-3-17(4-6-18)15-21(26)24-11-7-19(8-12-24)23-13-9-20(27-2)10-14-23/h3-6,19-20H,7-15H2,1-2H3,(H,22,25). The van der Waals surface area contributed by atoms with Crippen LogP contribution in [0.5, 0.6) is 0 Å². The van der Waals surface area contributed by atoms with Crippen LogP contribution in [0, 0.1) is 0 Å². The van der Waals surface area contributed by atoms with Gasteiger partial charge in [-0.3, -0.25) is 9.59 Å². The molecule has 6 heteroatoms. The molecule has 148 valence electrons. The number of anilines is 1. The maximum atomic E-state index is 12.6. The van der Waals surface area contributed by atoms with E-state index in [-0.39, 0.29) is 11.8 Å². The number of likely N-dealkylation sites (tertiary alicyclic amines) is 2. The molecule has 0 radical (unpaired) electrons. The van der Waals surface area contributed by atoms with Crippen LogP contribution in [-0.4, -0.2) is 67.0 Å². The summed E-state index contributed by atoms with van der Waals surface area (Å²) < 4.78 is 5.46. The van der Waals surface area contributed by atoms with Crippen LogP contribution in [0.3, 0.4) is 0 Å². The maximum Gasteiger partial charge on any atom is 0.226 e. The lowest BCUT2D eigenvalue weighted by Crippen LogP contribution is -2.50. The molecule has 0 aromatic heterocycles. The predicted octanol–water partition coefficient (Wildman–Crippen LogP) is 2.29. The summed E-state index contributed by atoms with van der Waals surface area (Å²) in [5.41, 5.74) is 1.75. The fourth-order valence-corrected chi connectivity index (χ4v) is 4.15. The lowest BCUT2D eigenvalue weighted by atomic mass is 9.98. The summed E-state index contributed by atoms with van der Waals surface area (Å²) in [5.74, 6) is 0.104. The van der Waals surface area contributed by atoms with Gasteiger partial charge in [-0.2, -0.15) is 0 Å². The molecule has 0 atom stereocenters. The monoisotopic (exact) mass is 373 g/mol. The van der Waals surface area contributed by atoms with E-state index in [4.69, 9.17) is 4.74 Å². The second kappa shape index (κ2) is 9.33. The molecule has 0 unspecified atom stereocenters. The first-order chi connectivity index (χ1) is 13.0. The number of hydrogen-bond acceptors (Lipinski definition) is 4. The summed E-state index contributed by atoms with van der Waals surface area (Å²) in [6, 6.07) is 8.12. The third-order valence-corrected chi connectivity index (χ3v) is 5.77. The van der Waals surface area contributed by atoms with E-state index in [1.54, 1.807) is 7.11 Å². The first-order valence-corrected chi connectivity index (χ1v) is 9.96. The van der Waals surface area contributed by atoms with Crippen molar-refractivity contribution < 1.29 is 14.3 Å². The van der Waals surface area contributed by atoms with Crippen molar-refractivity contribution in [1.29, 1.82) is 0 Å². The van der Waals surface area contributed by atoms with Gasteiger partial charge in [0.2, 0.25) is 11.8 Å². The molecule has 1 aromatic carbocycles. The molecule has 2 aliphatic heterocycles. The summed E-state index contributed by atoms with van der Waals surface area (Å²) in [7, 11) is 1.80. The second-order valence-electron chi connectivity index (χ2n) is 7.64. The highest BCUT2D eigenvalue weighted by Crippen LogP contribution is 2.22. The lowest BCUT2D eigenvalue weighted by molar-refractivity contribution is -0.132. The SMILES string of the molecule is COC1CCN(C2CCN(C(=O)Cc3ccc(NC(C)=O)cc3)CC2)CC1. The lowest BCUT2D eigenvalue weighted by Gasteiger charge is -2.41. The van der Waals surface area contributed by atoms with E-state index in [1.807, 2.05) is 29.2 Å². The number of hydrogen-bond donors (Lipinski definition) is 1. The van der Waals surface area contributed by atoms with Gasteiger partial charge in [0, 0.05) is 51.9 Å². The molecule has 0 saturated carbocycles. The molecule has 2 heterocycles. The van der Waals surface area contributed by atoms with Gasteiger partial charge in [-0.15, -0.1) is 0 Å². The van der Waals surface area contributed by atoms with Crippen molar-refractivity contribution >= 4 is 17.5 Å². The molecule has 0 bridgehead atoms. The van der Waals surface area contributed by atoms with Crippen LogP contribution in [0.2, 0.25) is 0 Å². The fourth-order valence-electron chi connectivity index (χ4n) is 4.15. The second-order valence-corrected chi connectivity index (χ2v) is 7.64. The molecule has 0 spiro atoms. The number of amides is 2. The Labute approximate surface area is 161 Å². The topological polar surface area (TPSA) is 61.9 Å². The average Bonchev–Trinajstić information content (AvgIpc) is 2.69. The zero-order valence-corrected chi connectivity index (χ0v) is 16.4. The van der Waals surface area contributed by atoms with E-state index in [2.05, 4.69) is 10.2 Å². The van der Waals surface area contributed by atoms with Crippen LogP contribution in [0.4, 0.5) is 5.69 Å². The first kappa shape index (κ1) is 19.8. The Hall–Kier alpha value is -1.92. The minimum absolute atomic E-state index is 0.0897. The van der Waals surface area contributed by atoms with Gasteiger partial charge in [0.05, 0.1) is 12.5 Å². The number of carbonyl (C=O) groups excluding carboxylic acids is 2. The van der Waals surface area contributed by atoms with Gasteiger partial charge in [0.15, 0.2) is 0 Å². The minimum atomic E-state index is -0.0897. The zero-order chi connectivity index (χ0) is 19.2. The van der Waals surface area contributed by atoms with Crippen molar-refractivity contribution in [3.63, 3.8) is 0 Å². The molecular formula is C21H31N3O3. The van der Waals surface area contributed by atoms with E-state index in [0.29, 0.717) is 18.6 Å². The highest BCUT2D eigenvalue weighted by atomic mass is 16.5. The number of benzene rings is 1. The van der Waals surface area contributed by atoms with Crippen LogP contribution >= 0.6 is 0 Å². The van der Waals surface area contributed by atoms with Crippen LogP contribution in [-0.2, 0) is 20.7 Å². The Morgan fingerprint density at radius 2 is 1.67 bits per heavy atom. The third-order valence-electron chi connectivity index (χ3n) is 5.77. The van der Waals surface area contributed by atoms with Gasteiger partial charge >= 0.3 is 0 Å². The molecule has 1 N–H and O–H groups in total. The Morgan fingerprint density at radius 1 is 1.04 bits per heavy atom. The summed E-state index contributed by atoms with van der Waals surface area (Å²) in [6.45, 7) is 5.39. The van der Waals surface area contributed by atoms with Crippen molar-refractivity contribution in [2.45, 2.75) is 51.2 Å². The Balaban J connectivity index is 1.44. The van der Waals surface area contributed by atoms with Gasteiger partial charge in [-0.05, 0) is 43.4 Å². The van der Waals surface area contributed by atoms with Crippen LogP contribution in [0.1, 0.15) is 38.2 Å². The molecule has 2 saturated heterocycles. The molecule has 0 aliphatic carbocycles. The van der Waals surface area contributed by atoms with Crippen LogP contribution in [0.15, 0.2) is 24.3 Å². The summed E-state index contributed by atoms with van der Waals surface area (Å²) in [5, 5.41) is 2.74. The zero-order valence-electron chi connectivity index (χ0n) is 16.4. The number of carbonyl (C=O) groups is 2. The normalized spacial score (nSPS) is 19.9. The quantitative estimate of drug-likeness (QED) is 0.860. The van der Waals surface area contributed by atoms with Crippen molar-refractivity contribution in [2.75, 3.05) is 38.6 Å². The number of nitrogens with one attached hydrogen (secondary N) is 1. The van der Waals surface area contributed by atoms with E-state index in [0.717, 1.165) is 63.1 Å². The molecular weight excluding hydrogens is 342 g/mol. The number of rotatable bonds is 5. The molecule has 2 amide bonds. The van der Waals surface area contributed by atoms with Crippen molar-refractivity contribution in [2.24, 2.45) is 0 Å². The highest BCUT2D eigenvalue weighted by Gasteiger charge is 2.29. The molecule has 27 heavy (non-hydrogen) atoms. The van der Waals surface area contributed by atoms with Crippen molar-refractivity contribution in [3.05, 3.63) is 29.8 Å². The number of ether oxygens (including phenoxy) is 1. The Morgan fingerprint density at radius 3 is 2.22 bits per heavy atom.